The number of halogens is 1. The van der Waals surface area contributed by atoms with Crippen LogP contribution >= 0.6 is 15.9 Å². The van der Waals surface area contributed by atoms with E-state index in [9.17, 15) is 0 Å². The number of rotatable bonds is 3. The molecule has 1 nitrogen and oxygen atoms in total. The van der Waals surface area contributed by atoms with E-state index in [1.54, 1.807) is 0 Å². The molecule has 0 N–H and O–H groups in total. The number of allylic oxidation sites excluding steroid dienone is 9. The van der Waals surface area contributed by atoms with Crippen LogP contribution < -0.4 is 0 Å². The lowest BCUT2D eigenvalue weighted by atomic mass is 9.81. The van der Waals surface area contributed by atoms with Crippen LogP contribution in [0.2, 0.25) is 0 Å². The van der Waals surface area contributed by atoms with Gasteiger partial charge in [0.05, 0.1) is 5.69 Å². The first-order valence-corrected chi connectivity index (χ1v) is 9.08. The SMILES string of the molecule is CC1=C(CCC2C=CC=C2)C2=Cc3nc(Br)ccc3C(C)C2=C1. The molecule has 0 saturated carbocycles. The second-order valence-corrected chi connectivity index (χ2v) is 7.43. The van der Waals surface area contributed by atoms with Crippen LogP contribution in [0.1, 0.15) is 43.9 Å². The van der Waals surface area contributed by atoms with Gasteiger partial charge in [0.1, 0.15) is 4.60 Å². The number of aromatic nitrogens is 1. The number of pyridine rings is 1. The molecule has 0 fully saturated rings. The average Bonchev–Trinajstić information content (AvgIpc) is 3.13. The Morgan fingerprint density at radius 2 is 1.91 bits per heavy atom. The second-order valence-electron chi connectivity index (χ2n) is 6.62. The van der Waals surface area contributed by atoms with Gasteiger partial charge >= 0.3 is 0 Å². The summed E-state index contributed by atoms with van der Waals surface area (Å²) in [5.74, 6) is 1.02. The Labute approximate surface area is 146 Å². The predicted molar refractivity (Wildman–Crippen MR) is 100 cm³/mol. The molecule has 23 heavy (non-hydrogen) atoms. The minimum atomic E-state index is 0.421. The lowest BCUT2D eigenvalue weighted by Gasteiger charge is -2.24. The van der Waals surface area contributed by atoms with Crippen molar-refractivity contribution < 1.29 is 0 Å². The van der Waals surface area contributed by atoms with Crippen LogP contribution in [0, 0.1) is 5.92 Å². The van der Waals surface area contributed by atoms with Crippen molar-refractivity contribution in [3.05, 3.63) is 80.7 Å². The maximum atomic E-state index is 4.69. The molecule has 0 bridgehead atoms. The number of hydrogen-bond donors (Lipinski definition) is 0. The third-order valence-electron chi connectivity index (χ3n) is 5.18. The normalized spacial score (nSPS) is 22.3. The highest BCUT2D eigenvalue weighted by molar-refractivity contribution is 9.10. The van der Waals surface area contributed by atoms with Gasteiger partial charge in [-0.05, 0) is 81.6 Å². The molecule has 4 rings (SSSR count). The van der Waals surface area contributed by atoms with Crippen molar-refractivity contribution in [2.75, 3.05) is 0 Å². The zero-order valence-electron chi connectivity index (χ0n) is 13.5. The summed E-state index contributed by atoms with van der Waals surface area (Å²) in [7, 11) is 0. The Kier molecular flexibility index (Phi) is 3.73. The van der Waals surface area contributed by atoms with Gasteiger partial charge in [-0.15, -0.1) is 0 Å². The van der Waals surface area contributed by atoms with Crippen molar-refractivity contribution in [1.29, 1.82) is 0 Å². The summed E-state index contributed by atoms with van der Waals surface area (Å²) >= 11 is 3.50. The summed E-state index contributed by atoms with van der Waals surface area (Å²) in [5, 5.41) is 0. The molecule has 0 aromatic carbocycles. The molecule has 0 saturated heterocycles. The lowest BCUT2D eigenvalue weighted by molar-refractivity contribution is 0.712. The van der Waals surface area contributed by atoms with Gasteiger partial charge in [0, 0.05) is 5.92 Å². The minimum Gasteiger partial charge on any atom is -0.241 e. The van der Waals surface area contributed by atoms with E-state index in [1.807, 2.05) is 6.07 Å². The van der Waals surface area contributed by atoms with Crippen LogP contribution in [0.25, 0.3) is 6.08 Å². The molecule has 3 aliphatic carbocycles. The van der Waals surface area contributed by atoms with E-state index in [0.717, 1.165) is 16.7 Å². The zero-order valence-corrected chi connectivity index (χ0v) is 15.1. The van der Waals surface area contributed by atoms with Crippen LogP contribution in [0.15, 0.2) is 69.4 Å². The average molecular weight is 366 g/mol. The van der Waals surface area contributed by atoms with E-state index < -0.39 is 0 Å². The molecule has 1 heterocycles. The molecule has 3 aliphatic rings. The van der Waals surface area contributed by atoms with Gasteiger partial charge in [-0.3, -0.25) is 0 Å². The van der Waals surface area contributed by atoms with Gasteiger partial charge in [-0.25, -0.2) is 4.98 Å². The molecule has 0 radical (unpaired) electrons. The fourth-order valence-electron chi connectivity index (χ4n) is 3.87. The summed E-state index contributed by atoms with van der Waals surface area (Å²) < 4.78 is 0.911. The maximum absolute atomic E-state index is 4.69. The number of fused-ring (bicyclic) bond motifs is 2. The smallest absolute Gasteiger partial charge is 0.106 e. The van der Waals surface area contributed by atoms with Crippen molar-refractivity contribution in [2.24, 2.45) is 5.92 Å². The van der Waals surface area contributed by atoms with Crippen LogP contribution in [-0.2, 0) is 0 Å². The molecule has 0 amide bonds. The Balaban J connectivity index is 1.67. The highest BCUT2D eigenvalue weighted by Gasteiger charge is 2.29. The van der Waals surface area contributed by atoms with Gasteiger partial charge in [0.15, 0.2) is 0 Å². The molecule has 2 heteroatoms. The van der Waals surface area contributed by atoms with Gasteiger partial charge in [0.25, 0.3) is 0 Å². The summed E-state index contributed by atoms with van der Waals surface area (Å²) in [6, 6.07) is 4.25. The number of nitrogens with zero attached hydrogens (tertiary/aromatic N) is 1. The Bertz CT molecular complexity index is 808. The molecular weight excluding hydrogens is 346 g/mol. The third kappa shape index (κ3) is 2.59. The third-order valence-corrected chi connectivity index (χ3v) is 5.62. The van der Waals surface area contributed by atoms with Crippen molar-refractivity contribution in [1.82, 2.24) is 4.98 Å². The van der Waals surface area contributed by atoms with Crippen LogP contribution in [0.4, 0.5) is 0 Å². The molecule has 1 aromatic rings. The van der Waals surface area contributed by atoms with Gasteiger partial charge in [-0.1, -0.05) is 43.4 Å². The molecule has 116 valence electrons. The van der Waals surface area contributed by atoms with Crippen molar-refractivity contribution >= 4 is 22.0 Å². The van der Waals surface area contributed by atoms with E-state index in [2.05, 4.69) is 77.3 Å². The molecular formula is C21H20BrN. The molecule has 0 aliphatic heterocycles. The summed E-state index contributed by atoms with van der Waals surface area (Å²) in [5.41, 5.74) is 8.26. The van der Waals surface area contributed by atoms with Crippen molar-refractivity contribution in [3.63, 3.8) is 0 Å². The van der Waals surface area contributed by atoms with Crippen LogP contribution in [0.5, 0.6) is 0 Å². The quantitative estimate of drug-likeness (QED) is 0.587. The van der Waals surface area contributed by atoms with E-state index in [0.29, 0.717) is 11.8 Å². The fourth-order valence-corrected chi connectivity index (χ4v) is 4.20. The van der Waals surface area contributed by atoms with E-state index in [-0.39, 0.29) is 0 Å². The van der Waals surface area contributed by atoms with Gasteiger partial charge in [0.2, 0.25) is 0 Å². The summed E-state index contributed by atoms with van der Waals surface area (Å²) in [6.07, 6.45) is 15.9. The van der Waals surface area contributed by atoms with Gasteiger partial charge < -0.3 is 0 Å². The molecule has 1 unspecified atom stereocenters. The van der Waals surface area contributed by atoms with E-state index >= 15 is 0 Å². The first-order valence-electron chi connectivity index (χ1n) is 8.28. The largest absolute Gasteiger partial charge is 0.241 e. The fraction of sp³-hybridized carbons (Fsp3) is 0.286. The first kappa shape index (κ1) is 14.9. The zero-order chi connectivity index (χ0) is 16.0. The lowest BCUT2D eigenvalue weighted by Crippen LogP contribution is -2.09. The Morgan fingerprint density at radius 1 is 1.13 bits per heavy atom. The first-order chi connectivity index (χ1) is 11.1. The highest BCUT2D eigenvalue weighted by atomic mass is 79.9. The predicted octanol–water partition coefficient (Wildman–Crippen LogP) is 6.12. The van der Waals surface area contributed by atoms with Gasteiger partial charge in [-0.2, -0.15) is 0 Å². The Morgan fingerprint density at radius 3 is 2.70 bits per heavy atom. The summed E-state index contributed by atoms with van der Waals surface area (Å²) in [4.78, 5) is 4.69. The molecule has 1 atom stereocenters. The Hall–Kier alpha value is -1.67. The van der Waals surface area contributed by atoms with Crippen LogP contribution in [-0.4, -0.2) is 4.98 Å². The molecule has 1 aromatic heterocycles. The summed E-state index contributed by atoms with van der Waals surface area (Å²) in [6.45, 7) is 4.55. The minimum absolute atomic E-state index is 0.421. The maximum Gasteiger partial charge on any atom is 0.106 e. The monoisotopic (exact) mass is 365 g/mol. The van der Waals surface area contributed by atoms with Crippen LogP contribution in [0.3, 0.4) is 0 Å². The van der Waals surface area contributed by atoms with Crippen molar-refractivity contribution in [2.45, 2.75) is 32.6 Å². The standard InChI is InChI=1S/C21H20BrN/c1-13-11-18-14(2)17-9-10-21(22)23-20(17)12-19(18)16(13)8-7-15-5-3-4-6-15/h3-6,9-12,14-15H,7-8H2,1-2H3. The topological polar surface area (TPSA) is 12.9 Å². The van der Waals surface area contributed by atoms with E-state index in [4.69, 9.17) is 0 Å². The van der Waals surface area contributed by atoms with Crippen molar-refractivity contribution in [3.8, 4) is 0 Å². The highest BCUT2D eigenvalue weighted by Crippen LogP contribution is 2.46. The molecule has 0 spiro atoms. The number of hydrogen-bond acceptors (Lipinski definition) is 1. The van der Waals surface area contributed by atoms with E-state index in [1.165, 1.54) is 34.3 Å². The second kappa shape index (κ2) is 5.76.